The van der Waals surface area contributed by atoms with E-state index in [0.717, 1.165) is 25.7 Å². The Morgan fingerprint density at radius 2 is 2.16 bits per heavy atom. The van der Waals surface area contributed by atoms with Gasteiger partial charge in [-0.3, -0.25) is 4.79 Å². The van der Waals surface area contributed by atoms with Crippen LogP contribution in [-0.2, 0) is 6.54 Å². The van der Waals surface area contributed by atoms with E-state index < -0.39 is 5.54 Å². The van der Waals surface area contributed by atoms with Crippen LogP contribution in [-0.4, -0.2) is 27.7 Å². The van der Waals surface area contributed by atoms with Crippen molar-refractivity contribution in [2.45, 2.75) is 51.1 Å². The number of aromatic nitrogens is 1. The topological polar surface area (TPSA) is 80.3 Å². The Morgan fingerprint density at radius 3 is 2.74 bits per heavy atom. The monoisotopic (exact) mass is 265 g/mol. The van der Waals surface area contributed by atoms with Crippen molar-refractivity contribution in [3.63, 3.8) is 0 Å². The highest BCUT2D eigenvalue weighted by atomic mass is 16.3. The van der Waals surface area contributed by atoms with Crippen molar-refractivity contribution in [1.29, 1.82) is 0 Å². The van der Waals surface area contributed by atoms with Crippen LogP contribution in [0.5, 0.6) is 0 Å². The van der Waals surface area contributed by atoms with E-state index in [1.165, 1.54) is 6.42 Å². The number of nitrogens with two attached hydrogens (primary N) is 1. The molecule has 1 heterocycles. The second kappa shape index (κ2) is 5.65. The number of hydrogen-bond acceptors (Lipinski definition) is 3. The lowest BCUT2D eigenvalue weighted by atomic mass is 9.82. The summed E-state index contributed by atoms with van der Waals surface area (Å²) in [6, 6.07) is 1.69. The molecule has 0 saturated heterocycles. The summed E-state index contributed by atoms with van der Waals surface area (Å²) < 4.78 is 1.83. The summed E-state index contributed by atoms with van der Waals surface area (Å²) in [6.07, 6.45) is 6.74. The molecule has 0 aliphatic heterocycles. The minimum atomic E-state index is -0.451. The van der Waals surface area contributed by atoms with Crippen molar-refractivity contribution in [3.05, 3.63) is 18.0 Å². The molecule has 1 amide bonds. The number of anilines is 1. The molecule has 0 bridgehead atoms. The van der Waals surface area contributed by atoms with Crippen molar-refractivity contribution in [2.24, 2.45) is 0 Å². The molecule has 1 aliphatic rings. The lowest BCUT2D eigenvalue weighted by molar-refractivity contribution is 0.0750. The predicted molar refractivity (Wildman–Crippen MR) is 74.9 cm³/mol. The zero-order valence-corrected chi connectivity index (χ0v) is 11.5. The number of nitrogen functional groups attached to an aromatic ring is 1. The maximum Gasteiger partial charge on any atom is 0.268 e. The van der Waals surface area contributed by atoms with E-state index in [9.17, 15) is 9.90 Å². The molecule has 0 unspecified atom stereocenters. The van der Waals surface area contributed by atoms with Crippen molar-refractivity contribution >= 4 is 11.6 Å². The smallest absolute Gasteiger partial charge is 0.268 e. The molecule has 0 spiro atoms. The molecule has 0 aromatic carbocycles. The Bertz CT molecular complexity index is 448. The second-order valence-corrected chi connectivity index (χ2v) is 5.40. The van der Waals surface area contributed by atoms with Gasteiger partial charge in [0.15, 0.2) is 0 Å². The van der Waals surface area contributed by atoms with Gasteiger partial charge in [-0.25, -0.2) is 0 Å². The van der Waals surface area contributed by atoms with Crippen LogP contribution in [0.4, 0.5) is 5.69 Å². The Kier molecular flexibility index (Phi) is 4.14. The van der Waals surface area contributed by atoms with E-state index in [2.05, 4.69) is 5.32 Å². The fraction of sp³-hybridized carbons (Fsp3) is 0.643. The van der Waals surface area contributed by atoms with Gasteiger partial charge in [0.25, 0.3) is 5.91 Å². The lowest BCUT2D eigenvalue weighted by Crippen LogP contribution is -2.52. The predicted octanol–water partition coefficient (Wildman–Crippen LogP) is 1.52. The molecule has 5 nitrogen and oxygen atoms in total. The molecule has 1 aromatic rings. The number of carbonyl (C=O) groups excluding carboxylic acids is 1. The van der Waals surface area contributed by atoms with E-state index in [1.807, 2.05) is 11.5 Å². The summed E-state index contributed by atoms with van der Waals surface area (Å²) in [5.41, 5.74) is 6.45. The van der Waals surface area contributed by atoms with E-state index in [1.54, 1.807) is 12.3 Å². The normalized spacial score (nSPS) is 18.2. The number of rotatable bonds is 4. The number of carbonyl (C=O) groups is 1. The average Bonchev–Trinajstić information content (AvgIpc) is 2.81. The third-order valence-corrected chi connectivity index (χ3v) is 3.98. The molecule has 1 fully saturated rings. The largest absolute Gasteiger partial charge is 0.397 e. The third kappa shape index (κ3) is 2.92. The molecule has 19 heavy (non-hydrogen) atoms. The zero-order chi connectivity index (χ0) is 13.9. The summed E-state index contributed by atoms with van der Waals surface area (Å²) in [6.45, 7) is 2.67. The Morgan fingerprint density at radius 1 is 1.47 bits per heavy atom. The first kappa shape index (κ1) is 13.9. The number of amides is 1. The Labute approximate surface area is 113 Å². The molecule has 5 heteroatoms. The van der Waals surface area contributed by atoms with E-state index in [4.69, 9.17) is 5.73 Å². The van der Waals surface area contributed by atoms with Crippen LogP contribution in [0.25, 0.3) is 0 Å². The fourth-order valence-corrected chi connectivity index (χ4v) is 2.84. The van der Waals surface area contributed by atoms with Gasteiger partial charge in [0.2, 0.25) is 0 Å². The SMILES string of the molecule is CCn1cc(N)cc1C(=O)NC1(CO)CCCCC1. The van der Waals surface area contributed by atoms with Crippen LogP contribution in [0.3, 0.4) is 0 Å². The summed E-state index contributed by atoms with van der Waals surface area (Å²) in [5.74, 6) is -0.144. The van der Waals surface area contributed by atoms with E-state index in [0.29, 0.717) is 17.9 Å². The quantitative estimate of drug-likeness (QED) is 0.772. The van der Waals surface area contributed by atoms with Gasteiger partial charge in [-0.1, -0.05) is 19.3 Å². The number of hydrogen-bond donors (Lipinski definition) is 3. The standard InChI is InChI=1S/C14H23N3O2/c1-2-17-9-11(15)8-12(17)13(19)16-14(10-18)6-4-3-5-7-14/h8-9,18H,2-7,10,15H2,1H3,(H,16,19). The second-order valence-electron chi connectivity index (χ2n) is 5.40. The fourth-order valence-electron chi connectivity index (χ4n) is 2.84. The van der Waals surface area contributed by atoms with Crippen LogP contribution in [0, 0.1) is 0 Å². The number of aliphatic hydroxyl groups is 1. The highest BCUT2D eigenvalue weighted by Gasteiger charge is 2.33. The van der Waals surface area contributed by atoms with Crippen molar-refractivity contribution in [3.8, 4) is 0 Å². The number of nitrogens with zero attached hydrogens (tertiary/aromatic N) is 1. The first-order chi connectivity index (χ1) is 9.10. The Hall–Kier alpha value is -1.49. The molecule has 0 radical (unpaired) electrons. The van der Waals surface area contributed by atoms with Crippen LogP contribution < -0.4 is 11.1 Å². The Balaban J connectivity index is 2.14. The zero-order valence-electron chi connectivity index (χ0n) is 11.5. The minimum absolute atomic E-state index is 0.00105. The first-order valence-electron chi connectivity index (χ1n) is 6.99. The van der Waals surface area contributed by atoms with Crippen molar-refractivity contribution in [1.82, 2.24) is 9.88 Å². The van der Waals surface area contributed by atoms with Crippen LogP contribution in [0.15, 0.2) is 12.3 Å². The van der Waals surface area contributed by atoms with Gasteiger partial charge in [0, 0.05) is 12.7 Å². The van der Waals surface area contributed by atoms with Gasteiger partial charge in [-0.05, 0) is 25.8 Å². The number of aliphatic hydroxyl groups excluding tert-OH is 1. The number of nitrogens with one attached hydrogen (secondary N) is 1. The molecule has 1 saturated carbocycles. The summed E-state index contributed by atoms with van der Waals surface area (Å²) in [5, 5.41) is 12.6. The van der Waals surface area contributed by atoms with Gasteiger partial charge in [0.1, 0.15) is 5.69 Å². The van der Waals surface area contributed by atoms with Crippen molar-refractivity contribution in [2.75, 3.05) is 12.3 Å². The molecule has 2 rings (SSSR count). The van der Waals surface area contributed by atoms with Gasteiger partial charge in [-0.2, -0.15) is 0 Å². The summed E-state index contributed by atoms with van der Waals surface area (Å²) in [4.78, 5) is 12.4. The molecular weight excluding hydrogens is 242 g/mol. The molecule has 1 aromatic heterocycles. The van der Waals surface area contributed by atoms with Gasteiger partial charge < -0.3 is 20.7 Å². The van der Waals surface area contributed by atoms with Crippen LogP contribution >= 0.6 is 0 Å². The van der Waals surface area contributed by atoms with Crippen molar-refractivity contribution < 1.29 is 9.90 Å². The first-order valence-corrected chi connectivity index (χ1v) is 6.99. The highest BCUT2D eigenvalue weighted by molar-refractivity contribution is 5.94. The molecule has 1 aliphatic carbocycles. The third-order valence-electron chi connectivity index (χ3n) is 3.98. The van der Waals surface area contributed by atoms with Crippen LogP contribution in [0.1, 0.15) is 49.5 Å². The maximum absolute atomic E-state index is 12.4. The molecular formula is C14H23N3O2. The molecule has 106 valence electrons. The van der Waals surface area contributed by atoms with E-state index in [-0.39, 0.29) is 12.5 Å². The lowest BCUT2D eigenvalue weighted by Gasteiger charge is -2.36. The molecule has 4 N–H and O–H groups in total. The van der Waals surface area contributed by atoms with Gasteiger partial charge >= 0.3 is 0 Å². The summed E-state index contributed by atoms with van der Waals surface area (Å²) >= 11 is 0. The van der Waals surface area contributed by atoms with Gasteiger partial charge in [0.05, 0.1) is 17.8 Å². The summed E-state index contributed by atoms with van der Waals surface area (Å²) in [7, 11) is 0. The highest BCUT2D eigenvalue weighted by Crippen LogP contribution is 2.28. The van der Waals surface area contributed by atoms with Gasteiger partial charge in [-0.15, -0.1) is 0 Å². The van der Waals surface area contributed by atoms with Crippen LogP contribution in [0.2, 0.25) is 0 Å². The average molecular weight is 265 g/mol. The minimum Gasteiger partial charge on any atom is -0.397 e. The van der Waals surface area contributed by atoms with E-state index >= 15 is 0 Å². The molecule has 0 atom stereocenters. The number of aryl methyl sites for hydroxylation is 1. The maximum atomic E-state index is 12.4.